The molecule has 2 heterocycles. The molecule has 0 aliphatic heterocycles. The average molecular weight is 404 g/mol. The quantitative estimate of drug-likeness (QED) is 0.590. The molecule has 0 spiro atoms. The topological polar surface area (TPSA) is 67.0 Å². The molecule has 0 atom stereocenters. The lowest BCUT2D eigenvalue weighted by Gasteiger charge is -2.25. The Morgan fingerprint density at radius 3 is 2.89 bits per heavy atom. The maximum atomic E-state index is 12.7. The number of benzene rings is 1. The van der Waals surface area contributed by atoms with Gasteiger partial charge < -0.3 is 15.0 Å². The number of hydrogen-bond acceptors (Lipinski definition) is 3. The van der Waals surface area contributed by atoms with Gasteiger partial charge in [-0.3, -0.25) is 4.79 Å². The summed E-state index contributed by atoms with van der Waals surface area (Å²) in [6.45, 7) is 2.66. The number of H-pyrrole nitrogens is 1. The number of nitrogens with one attached hydrogen (secondary N) is 2. The van der Waals surface area contributed by atoms with Gasteiger partial charge in [-0.15, -0.1) is 0 Å². The first-order chi connectivity index (χ1) is 13.0. The Hall–Kier alpha value is -2.24. The molecule has 7 heteroatoms. The van der Waals surface area contributed by atoms with Crippen LogP contribution < -0.4 is 10.1 Å². The Kier molecular flexibility index (Phi) is 4.98. The molecule has 2 aromatic heterocycles. The van der Waals surface area contributed by atoms with Crippen LogP contribution in [0.1, 0.15) is 35.2 Å². The summed E-state index contributed by atoms with van der Waals surface area (Å²) in [4.78, 5) is 20.2. The summed E-state index contributed by atoms with van der Waals surface area (Å²) in [7, 11) is 0. The molecule has 3 aromatic rings. The lowest BCUT2D eigenvalue weighted by atomic mass is 9.85. The van der Waals surface area contributed by atoms with E-state index < -0.39 is 0 Å². The normalized spacial score (nSPS) is 14.2. The largest absolute Gasteiger partial charge is 0.435 e. The first-order valence-electron chi connectivity index (χ1n) is 8.90. The van der Waals surface area contributed by atoms with Crippen LogP contribution in [-0.4, -0.2) is 22.4 Å². The number of rotatable bonds is 5. The summed E-state index contributed by atoms with van der Waals surface area (Å²) < 4.78 is 5.89. The molecule has 0 saturated heterocycles. The van der Waals surface area contributed by atoms with Crippen LogP contribution in [0.4, 0.5) is 0 Å². The van der Waals surface area contributed by atoms with E-state index >= 15 is 0 Å². The molecule has 1 amide bonds. The van der Waals surface area contributed by atoms with E-state index in [1.807, 2.05) is 13.1 Å². The number of pyridine rings is 1. The Bertz CT molecular complexity index is 1010. The van der Waals surface area contributed by atoms with Crippen LogP contribution in [0, 0.1) is 12.8 Å². The third-order valence-corrected chi connectivity index (χ3v) is 5.52. The fraction of sp³-hybridized carbons (Fsp3) is 0.300. The first kappa shape index (κ1) is 18.1. The van der Waals surface area contributed by atoms with Gasteiger partial charge in [0.15, 0.2) is 0 Å². The van der Waals surface area contributed by atoms with Gasteiger partial charge in [-0.2, -0.15) is 0 Å². The standard InChI is InChI=1S/C20H19Cl2N3O2/c1-11-8-23-18-17(11)14(19(26)24-9-12-3-2-4-12)10-25-20(18)27-16-6-5-13(21)7-15(16)22/h5-8,10,12,23H,2-4,9H2,1H3,(H,24,26). The molecule has 27 heavy (non-hydrogen) atoms. The summed E-state index contributed by atoms with van der Waals surface area (Å²) in [6, 6.07) is 4.99. The Labute approximate surface area is 167 Å². The van der Waals surface area contributed by atoms with Gasteiger partial charge in [-0.1, -0.05) is 29.6 Å². The highest BCUT2D eigenvalue weighted by Crippen LogP contribution is 2.35. The van der Waals surface area contributed by atoms with Crippen molar-refractivity contribution in [3.63, 3.8) is 0 Å². The molecule has 0 unspecified atom stereocenters. The number of ether oxygens (including phenoxy) is 1. The van der Waals surface area contributed by atoms with Crippen molar-refractivity contribution in [2.45, 2.75) is 26.2 Å². The van der Waals surface area contributed by atoms with Gasteiger partial charge >= 0.3 is 0 Å². The maximum absolute atomic E-state index is 12.7. The number of nitrogens with zero attached hydrogens (tertiary/aromatic N) is 1. The highest BCUT2D eigenvalue weighted by Gasteiger charge is 2.21. The molecule has 1 aliphatic rings. The van der Waals surface area contributed by atoms with Gasteiger partial charge in [0, 0.05) is 29.3 Å². The lowest BCUT2D eigenvalue weighted by molar-refractivity contribution is 0.0940. The molecule has 140 valence electrons. The van der Waals surface area contributed by atoms with E-state index in [1.54, 1.807) is 24.4 Å². The molecular weight excluding hydrogens is 385 g/mol. The maximum Gasteiger partial charge on any atom is 0.253 e. The number of aryl methyl sites for hydroxylation is 1. The zero-order valence-corrected chi connectivity index (χ0v) is 16.3. The zero-order chi connectivity index (χ0) is 19.0. The van der Waals surface area contributed by atoms with Crippen molar-refractivity contribution in [1.29, 1.82) is 0 Å². The smallest absolute Gasteiger partial charge is 0.253 e. The highest BCUT2D eigenvalue weighted by molar-refractivity contribution is 6.35. The minimum Gasteiger partial charge on any atom is -0.435 e. The number of fused-ring (bicyclic) bond motifs is 1. The fourth-order valence-corrected chi connectivity index (χ4v) is 3.68. The van der Waals surface area contributed by atoms with Crippen LogP contribution in [0.25, 0.3) is 10.9 Å². The lowest BCUT2D eigenvalue weighted by Crippen LogP contribution is -2.32. The van der Waals surface area contributed by atoms with E-state index in [0.29, 0.717) is 45.2 Å². The Balaban J connectivity index is 1.64. The van der Waals surface area contributed by atoms with Crippen molar-refractivity contribution in [2.75, 3.05) is 6.54 Å². The number of hydrogen-bond donors (Lipinski definition) is 2. The third kappa shape index (κ3) is 3.62. The second-order valence-electron chi connectivity index (χ2n) is 6.88. The van der Waals surface area contributed by atoms with Crippen molar-refractivity contribution in [3.05, 3.63) is 51.8 Å². The predicted octanol–water partition coefficient (Wildman–Crippen LogP) is 5.50. The highest BCUT2D eigenvalue weighted by atomic mass is 35.5. The van der Waals surface area contributed by atoms with E-state index in [1.165, 1.54) is 19.3 Å². The van der Waals surface area contributed by atoms with Crippen LogP contribution in [0.2, 0.25) is 10.0 Å². The minimum absolute atomic E-state index is 0.113. The van der Waals surface area contributed by atoms with Crippen molar-refractivity contribution >= 4 is 40.0 Å². The van der Waals surface area contributed by atoms with E-state index in [0.717, 1.165) is 10.9 Å². The number of carbonyl (C=O) groups is 1. The van der Waals surface area contributed by atoms with Gasteiger partial charge in [0.25, 0.3) is 5.91 Å². The summed E-state index contributed by atoms with van der Waals surface area (Å²) >= 11 is 12.1. The van der Waals surface area contributed by atoms with Crippen molar-refractivity contribution in [1.82, 2.24) is 15.3 Å². The average Bonchev–Trinajstić information content (AvgIpc) is 2.98. The zero-order valence-electron chi connectivity index (χ0n) is 14.8. The number of amides is 1. The van der Waals surface area contributed by atoms with Crippen LogP contribution in [-0.2, 0) is 0 Å². The van der Waals surface area contributed by atoms with Crippen LogP contribution >= 0.6 is 23.2 Å². The van der Waals surface area contributed by atoms with Crippen LogP contribution in [0.15, 0.2) is 30.6 Å². The molecule has 1 aliphatic carbocycles. The third-order valence-electron chi connectivity index (χ3n) is 4.99. The molecule has 0 bridgehead atoms. The van der Waals surface area contributed by atoms with E-state index in [-0.39, 0.29) is 5.91 Å². The summed E-state index contributed by atoms with van der Waals surface area (Å²) in [5.41, 5.74) is 2.15. The molecule has 4 rings (SSSR count). The molecule has 1 aromatic carbocycles. The molecule has 1 saturated carbocycles. The molecular formula is C20H19Cl2N3O2. The number of carbonyl (C=O) groups excluding carboxylic acids is 1. The summed E-state index contributed by atoms with van der Waals surface area (Å²) in [5.74, 6) is 1.29. The fourth-order valence-electron chi connectivity index (χ4n) is 3.23. The van der Waals surface area contributed by atoms with Crippen molar-refractivity contribution < 1.29 is 9.53 Å². The van der Waals surface area contributed by atoms with E-state index in [4.69, 9.17) is 27.9 Å². The van der Waals surface area contributed by atoms with E-state index in [9.17, 15) is 4.79 Å². The first-order valence-corrected chi connectivity index (χ1v) is 9.66. The SMILES string of the molecule is Cc1c[nH]c2c(Oc3ccc(Cl)cc3Cl)ncc(C(=O)NCC3CCC3)c12. The number of aromatic amines is 1. The van der Waals surface area contributed by atoms with Gasteiger partial charge in [0.05, 0.1) is 10.6 Å². The Morgan fingerprint density at radius 1 is 1.37 bits per heavy atom. The van der Waals surface area contributed by atoms with E-state index in [2.05, 4.69) is 15.3 Å². The monoisotopic (exact) mass is 403 g/mol. The second kappa shape index (κ2) is 7.41. The molecule has 2 N–H and O–H groups in total. The molecule has 1 fully saturated rings. The Morgan fingerprint density at radius 2 is 2.19 bits per heavy atom. The summed E-state index contributed by atoms with van der Waals surface area (Å²) in [6.07, 6.45) is 7.02. The predicted molar refractivity (Wildman–Crippen MR) is 107 cm³/mol. The van der Waals surface area contributed by atoms with Gasteiger partial charge in [0.1, 0.15) is 11.3 Å². The van der Waals surface area contributed by atoms with Gasteiger partial charge in [-0.05, 0) is 49.4 Å². The van der Waals surface area contributed by atoms with Gasteiger partial charge in [0.2, 0.25) is 5.88 Å². The second-order valence-corrected chi connectivity index (χ2v) is 7.73. The summed E-state index contributed by atoms with van der Waals surface area (Å²) in [5, 5.41) is 4.75. The minimum atomic E-state index is -0.113. The number of aromatic nitrogens is 2. The van der Waals surface area contributed by atoms with Crippen LogP contribution in [0.3, 0.4) is 0 Å². The van der Waals surface area contributed by atoms with Crippen LogP contribution in [0.5, 0.6) is 11.6 Å². The van der Waals surface area contributed by atoms with Gasteiger partial charge in [-0.25, -0.2) is 4.98 Å². The van der Waals surface area contributed by atoms with Crippen molar-refractivity contribution in [3.8, 4) is 11.6 Å². The number of halogens is 2. The van der Waals surface area contributed by atoms with Crippen molar-refractivity contribution in [2.24, 2.45) is 5.92 Å². The molecule has 0 radical (unpaired) electrons. The molecule has 5 nitrogen and oxygen atoms in total.